The minimum atomic E-state index is -0.183. The van der Waals surface area contributed by atoms with Crippen molar-refractivity contribution >= 4 is 39.6 Å². The number of imidazole rings is 1. The van der Waals surface area contributed by atoms with Gasteiger partial charge in [-0.05, 0) is 48.8 Å². The first-order valence-corrected chi connectivity index (χ1v) is 12.4. The van der Waals surface area contributed by atoms with E-state index in [1.54, 1.807) is 18.9 Å². The van der Waals surface area contributed by atoms with E-state index in [2.05, 4.69) is 20.7 Å². The maximum atomic E-state index is 12.9. The molecular formula is C25H30N4O3S. The van der Waals surface area contributed by atoms with Crippen LogP contribution in [0.3, 0.4) is 0 Å². The molecule has 0 fully saturated rings. The average Bonchev–Trinajstić information content (AvgIpc) is 3.40. The van der Waals surface area contributed by atoms with Crippen molar-refractivity contribution in [1.82, 2.24) is 19.4 Å². The van der Waals surface area contributed by atoms with E-state index in [-0.39, 0.29) is 18.6 Å². The number of fused-ring (bicyclic) bond motifs is 2. The van der Waals surface area contributed by atoms with Crippen molar-refractivity contribution in [2.45, 2.75) is 19.0 Å². The Morgan fingerprint density at radius 2 is 1.97 bits per heavy atom. The number of carbonyl (C=O) groups is 1. The Labute approximate surface area is 198 Å². The van der Waals surface area contributed by atoms with Crippen LogP contribution in [0.5, 0.6) is 5.75 Å². The third-order valence-electron chi connectivity index (χ3n) is 5.75. The lowest BCUT2D eigenvalue weighted by Gasteiger charge is -2.19. The molecule has 33 heavy (non-hydrogen) atoms. The normalized spacial score (nSPS) is 12.3. The van der Waals surface area contributed by atoms with Gasteiger partial charge in [-0.25, -0.2) is 4.98 Å². The zero-order chi connectivity index (χ0) is 23.2. The molecule has 1 amide bonds. The Morgan fingerprint density at radius 1 is 1.15 bits per heavy atom. The molecule has 0 aliphatic rings. The van der Waals surface area contributed by atoms with Gasteiger partial charge in [-0.3, -0.25) is 4.79 Å². The number of para-hydroxylation sites is 2. The van der Waals surface area contributed by atoms with Gasteiger partial charge in [-0.1, -0.05) is 18.2 Å². The van der Waals surface area contributed by atoms with Crippen molar-refractivity contribution in [2.75, 3.05) is 32.3 Å². The number of amides is 1. The highest BCUT2D eigenvalue weighted by molar-refractivity contribution is 7.98. The largest absolute Gasteiger partial charge is 0.483 e. The summed E-state index contributed by atoms with van der Waals surface area (Å²) in [5.41, 5.74) is 3.04. The van der Waals surface area contributed by atoms with Crippen molar-refractivity contribution in [1.29, 1.82) is 0 Å². The monoisotopic (exact) mass is 466 g/mol. The number of methoxy groups -OCH3 is 1. The van der Waals surface area contributed by atoms with Crippen LogP contribution in [-0.4, -0.2) is 52.4 Å². The van der Waals surface area contributed by atoms with E-state index in [1.165, 1.54) is 0 Å². The van der Waals surface area contributed by atoms with Crippen molar-refractivity contribution in [3.05, 3.63) is 60.6 Å². The van der Waals surface area contributed by atoms with Crippen LogP contribution in [0.15, 0.2) is 54.7 Å². The number of hydrogen-bond donors (Lipinski definition) is 1. The van der Waals surface area contributed by atoms with Gasteiger partial charge in [0.05, 0.1) is 29.2 Å². The zero-order valence-electron chi connectivity index (χ0n) is 19.3. The predicted octanol–water partition coefficient (Wildman–Crippen LogP) is 4.16. The summed E-state index contributed by atoms with van der Waals surface area (Å²) in [7, 11) is 3.69. The topological polar surface area (TPSA) is 70.3 Å². The molecule has 1 unspecified atom stereocenters. The number of nitrogens with zero attached hydrogens (tertiary/aromatic N) is 3. The second-order valence-electron chi connectivity index (χ2n) is 7.90. The van der Waals surface area contributed by atoms with Crippen LogP contribution in [0.2, 0.25) is 0 Å². The summed E-state index contributed by atoms with van der Waals surface area (Å²) in [6.45, 7) is 1.35. The lowest BCUT2D eigenvalue weighted by Crippen LogP contribution is -2.34. The maximum absolute atomic E-state index is 12.9. The van der Waals surface area contributed by atoms with Crippen LogP contribution < -0.4 is 10.1 Å². The number of aryl methyl sites for hydroxylation is 1. The fourth-order valence-electron chi connectivity index (χ4n) is 4.06. The third kappa shape index (κ3) is 5.17. The summed E-state index contributed by atoms with van der Waals surface area (Å²) in [6.07, 6.45) is 4.87. The summed E-state index contributed by atoms with van der Waals surface area (Å²) < 4.78 is 15.3. The number of ether oxygens (including phenoxy) is 2. The lowest BCUT2D eigenvalue weighted by molar-refractivity contribution is -0.123. The summed E-state index contributed by atoms with van der Waals surface area (Å²) in [6, 6.07) is 15.7. The van der Waals surface area contributed by atoms with E-state index in [4.69, 9.17) is 14.5 Å². The second-order valence-corrected chi connectivity index (χ2v) is 8.88. The molecule has 4 rings (SSSR count). The fraction of sp³-hybridized carbons (Fsp3) is 0.360. The van der Waals surface area contributed by atoms with Crippen molar-refractivity contribution < 1.29 is 14.3 Å². The minimum absolute atomic E-state index is 0.0535. The molecule has 2 aromatic carbocycles. The Bertz CT molecular complexity index is 1230. The number of carbonyl (C=O) groups excluding carboxylic acids is 1. The van der Waals surface area contributed by atoms with Crippen LogP contribution >= 0.6 is 11.8 Å². The van der Waals surface area contributed by atoms with E-state index >= 15 is 0 Å². The first-order valence-electron chi connectivity index (χ1n) is 11.0. The van der Waals surface area contributed by atoms with Gasteiger partial charge >= 0.3 is 0 Å². The molecule has 8 heteroatoms. The molecule has 2 heterocycles. The Morgan fingerprint density at radius 3 is 2.76 bits per heavy atom. The maximum Gasteiger partial charge on any atom is 0.258 e. The highest BCUT2D eigenvalue weighted by atomic mass is 32.2. The van der Waals surface area contributed by atoms with Gasteiger partial charge in [0.25, 0.3) is 5.91 Å². The van der Waals surface area contributed by atoms with E-state index in [9.17, 15) is 4.79 Å². The molecule has 2 aromatic heterocycles. The quantitative estimate of drug-likeness (QED) is 0.359. The molecule has 0 spiro atoms. The molecule has 7 nitrogen and oxygen atoms in total. The number of rotatable bonds is 11. The zero-order valence-corrected chi connectivity index (χ0v) is 20.1. The highest BCUT2D eigenvalue weighted by Gasteiger charge is 2.21. The van der Waals surface area contributed by atoms with E-state index in [0.29, 0.717) is 12.4 Å². The summed E-state index contributed by atoms with van der Waals surface area (Å²) in [4.78, 5) is 17.7. The number of nitrogens with one attached hydrogen (secondary N) is 1. The second kappa shape index (κ2) is 10.8. The Balaban J connectivity index is 1.47. The summed E-state index contributed by atoms with van der Waals surface area (Å²) >= 11 is 1.75. The van der Waals surface area contributed by atoms with E-state index in [0.717, 1.165) is 46.5 Å². The standard InChI is InChI=1S/C25H30N4O3S/c1-28-22-8-5-4-7-19(22)27-25(28)20(12-16-33-3)26-24(30)17-32-23-10-6-9-21-18(23)11-13-29(21)14-15-31-2/h4-11,13,20H,12,14-17H2,1-3H3,(H,26,30). The molecule has 0 bridgehead atoms. The van der Waals surface area contributed by atoms with Crippen LogP contribution in [0.1, 0.15) is 18.3 Å². The fourth-order valence-corrected chi connectivity index (χ4v) is 4.53. The van der Waals surface area contributed by atoms with Crippen molar-refractivity contribution in [2.24, 2.45) is 7.05 Å². The van der Waals surface area contributed by atoms with Gasteiger partial charge in [0.2, 0.25) is 0 Å². The van der Waals surface area contributed by atoms with Gasteiger partial charge in [0.15, 0.2) is 6.61 Å². The van der Waals surface area contributed by atoms with Crippen LogP contribution in [0.25, 0.3) is 21.9 Å². The molecule has 0 aliphatic carbocycles. The van der Waals surface area contributed by atoms with Crippen LogP contribution in [-0.2, 0) is 23.1 Å². The number of aromatic nitrogens is 3. The molecule has 174 valence electrons. The molecule has 0 saturated carbocycles. The molecule has 0 radical (unpaired) electrons. The molecular weight excluding hydrogens is 436 g/mol. The van der Waals surface area contributed by atoms with Crippen LogP contribution in [0.4, 0.5) is 0 Å². The van der Waals surface area contributed by atoms with Crippen molar-refractivity contribution in [3.8, 4) is 5.75 Å². The predicted molar refractivity (Wildman–Crippen MR) is 134 cm³/mol. The highest BCUT2D eigenvalue weighted by Crippen LogP contribution is 2.27. The smallest absolute Gasteiger partial charge is 0.258 e. The first-order chi connectivity index (χ1) is 16.1. The minimum Gasteiger partial charge on any atom is -0.483 e. The molecule has 4 aromatic rings. The molecule has 1 N–H and O–H groups in total. The molecule has 0 saturated heterocycles. The Kier molecular flexibility index (Phi) is 7.57. The first kappa shape index (κ1) is 23.2. The number of benzene rings is 2. The van der Waals surface area contributed by atoms with E-state index in [1.807, 2.05) is 61.8 Å². The lowest BCUT2D eigenvalue weighted by atomic mass is 10.2. The van der Waals surface area contributed by atoms with Gasteiger partial charge < -0.3 is 23.9 Å². The number of thioether (sulfide) groups is 1. The SMILES string of the molecule is COCCn1ccc2c(OCC(=O)NC(CCSC)c3nc4ccccc4n3C)cccc21. The van der Waals surface area contributed by atoms with Crippen LogP contribution in [0, 0.1) is 0 Å². The van der Waals surface area contributed by atoms with Gasteiger partial charge in [-0.15, -0.1) is 0 Å². The van der Waals surface area contributed by atoms with Crippen molar-refractivity contribution in [3.63, 3.8) is 0 Å². The summed E-state index contributed by atoms with van der Waals surface area (Å²) in [5, 5.41) is 4.12. The van der Waals surface area contributed by atoms with Gasteiger partial charge in [0, 0.05) is 32.3 Å². The number of hydrogen-bond acceptors (Lipinski definition) is 5. The van der Waals surface area contributed by atoms with Gasteiger partial charge in [-0.2, -0.15) is 11.8 Å². The Hall–Kier alpha value is -2.97. The molecule has 0 aliphatic heterocycles. The average molecular weight is 467 g/mol. The third-order valence-corrected chi connectivity index (χ3v) is 6.39. The summed E-state index contributed by atoms with van der Waals surface area (Å²) in [5.74, 6) is 2.31. The van der Waals surface area contributed by atoms with Gasteiger partial charge in [0.1, 0.15) is 11.6 Å². The molecule has 1 atom stereocenters. The van der Waals surface area contributed by atoms with E-state index < -0.39 is 0 Å².